The highest BCUT2D eigenvalue weighted by Crippen LogP contribution is 2.34. The zero-order valence-corrected chi connectivity index (χ0v) is 12.3. The molecule has 0 aliphatic carbocycles. The minimum absolute atomic E-state index is 0.102. The predicted molar refractivity (Wildman–Crippen MR) is 78.8 cm³/mol. The highest BCUT2D eigenvalue weighted by Gasteiger charge is 2.16. The maximum Gasteiger partial charge on any atom is 0.311 e. The highest BCUT2D eigenvalue weighted by atomic mass is 79.9. The third-order valence-electron chi connectivity index (χ3n) is 2.67. The van der Waals surface area contributed by atoms with Crippen LogP contribution in [-0.2, 0) is 5.33 Å². The Morgan fingerprint density at radius 2 is 1.80 bits per heavy atom. The van der Waals surface area contributed by atoms with E-state index in [4.69, 9.17) is 9.47 Å². The normalized spacial score (nSPS) is 10.1. The molecule has 0 spiro atoms. The molecule has 0 bridgehead atoms. The van der Waals surface area contributed by atoms with E-state index in [-0.39, 0.29) is 11.4 Å². The predicted octanol–water partition coefficient (Wildman–Crippen LogP) is 4.29. The molecule has 0 fully saturated rings. The van der Waals surface area contributed by atoms with Crippen LogP contribution in [0, 0.1) is 10.1 Å². The molecule has 0 aliphatic heterocycles. The molecule has 2 rings (SSSR count). The lowest BCUT2D eigenvalue weighted by Crippen LogP contribution is -1.94. The van der Waals surface area contributed by atoms with Gasteiger partial charge in [-0.1, -0.05) is 28.1 Å². The van der Waals surface area contributed by atoms with Gasteiger partial charge in [0.1, 0.15) is 11.5 Å². The van der Waals surface area contributed by atoms with Gasteiger partial charge in [0.05, 0.1) is 12.0 Å². The van der Waals surface area contributed by atoms with Crippen LogP contribution in [0.4, 0.5) is 5.69 Å². The van der Waals surface area contributed by atoms with Gasteiger partial charge in [0.2, 0.25) is 5.75 Å². The second-order valence-corrected chi connectivity index (χ2v) is 4.53. The molecule has 5 nitrogen and oxygen atoms in total. The van der Waals surface area contributed by atoms with Crippen LogP contribution in [0.2, 0.25) is 0 Å². The van der Waals surface area contributed by atoms with Crippen molar-refractivity contribution in [3.63, 3.8) is 0 Å². The van der Waals surface area contributed by atoms with Gasteiger partial charge in [-0.3, -0.25) is 10.1 Å². The van der Waals surface area contributed by atoms with Gasteiger partial charge in [0, 0.05) is 17.5 Å². The molecular weight excluding hydrogens is 326 g/mol. The molecule has 0 unspecified atom stereocenters. The van der Waals surface area contributed by atoms with Crippen LogP contribution in [0.5, 0.6) is 17.2 Å². The Labute approximate surface area is 124 Å². The Bertz CT molecular complexity index is 613. The first-order valence-corrected chi connectivity index (χ1v) is 6.91. The number of nitro benzene ring substituents is 1. The smallest absolute Gasteiger partial charge is 0.311 e. The maximum absolute atomic E-state index is 11.0. The van der Waals surface area contributed by atoms with Crippen molar-refractivity contribution in [3.8, 4) is 17.2 Å². The lowest BCUT2D eigenvalue weighted by molar-refractivity contribution is -0.385. The van der Waals surface area contributed by atoms with Crippen molar-refractivity contribution < 1.29 is 14.4 Å². The topological polar surface area (TPSA) is 61.6 Å². The third kappa shape index (κ3) is 3.27. The van der Waals surface area contributed by atoms with Crippen molar-refractivity contribution in [1.82, 2.24) is 0 Å². The molecule has 0 saturated carbocycles. The van der Waals surface area contributed by atoms with E-state index in [1.165, 1.54) is 25.3 Å². The summed E-state index contributed by atoms with van der Waals surface area (Å²) in [6.07, 6.45) is 0. The van der Waals surface area contributed by atoms with Crippen molar-refractivity contribution in [2.75, 3.05) is 7.11 Å². The summed E-state index contributed by atoms with van der Waals surface area (Å²) >= 11 is 3.35. The largest absolute Gasteiger partial charge is 0.497 e. The molecule has 104 valence electrons. The molecule has 0 atom stereocenters. The number of halogens is 1. The molecule has 0 saturated heterocycles. The Kier molecular flexibility index (Phi) is 4.57. The van der Waals surface area contributed by atoms with Crippen molar-refractivity contribution >= 4 is 21.6 Å². The van der Waals surface area contributed by atoms with E-state index in [1.807, 2.05) is 12.1 Å². The second-order valence-electron chi connectivity index (χ2n) is 3.97. The van der Waals surface area contributed by atoms with Crippen LogP contribution >= 0.6 is 15.9 Å². The average molecular weight is 338 g/mol. The Hall–Kier alpha value is -2.08. The van der Waals surface area contributed by atoms with Crippen molar-refractivity contribution in [2.24, 2.45) is 0 Å². The third-order valence-corrected chi connectivity index (χ3v) is 3.32. The van der Waals surface area contributed by atoms with Crippen molar-refractivity contribution in [1.29, 1.82) is 0 Å². The molecule has 0 aromatic heterocycles. The van der Waals surface area contributed by atoms with E-state index in [0.717, 1.165) is 10.9 Å². The summed E-state index contributed by atoms with van der Waals surface area (Å²) in [7, 11) is 1.50. The number of benzene rings is 2. The quantitative estimate of drug-likeness (QED) is 0.463. The molecule has 20 heavy (non-hydrogen) atoms. The molecule has 0 radical (unpaired) electrons. The van der Waals surface area contributed by atoms with E-state index in [2.05, 4.69) is 15.9 Å². The fraction of sp³-hybridized carbons (Fsp3) is 0.143. The molecule has 0 aliphatic rings. The summed E-state index contributed by atoms with van der Waals surface area (Å²) in [6.45, 7) is 0. The number of hydrogen-bond donors (Lipinski definition) is 0. The fourth-order valence-corrected chi connectivity index (χ4v) is 2.00. The fourth-order valence-electron chi connectivity index (χ4n) is 1.63. The number of ether oxygens (including phenoxy) is 2. The SMILES string of the molecule is COc1ccc([N+](=O)[O-])c(Oc2ccc(CBr)cc2)c1. The molecule has 2 aromatic carbocycles. The van der Waals surface area contributed by atoms with E-state index in [9.17, 15) is 10.1 Å². The molecule has 0 heterocycles. The molecular formula is C14H12BrNO4. The molecule has 2 aromatic rings. The van der Waals surface area contributed by atoms with Crippen LogP contribution in [0.15, 0.2) is 42.5 Å². The Morgan fingerprint density at radius 1 is 1.15 bits per heavy atom. The van der Waals surface area contributed by atoms with Gasteiger partial charge in [-0.05, 0) is 23.8 Å². The lowest BCUT2D eigenvalue weighted by Gasteiger charge is -2.08. The van der Waals surface area contributed by atoms with E-state index >= 15 is 0 Å². The van der Waals surface area contributed by atoms with Gasteiger partial charge < -0.3 is 9.47 Å². The zero-order chi connectivity index (χ0) is 14.5. The number of rotatable bonds is 5. The average Bonchev–Trinajstić information content (AvgIpc) is 2.47. The molecule has 0 amide bonds. The van der Waals surface area contributed by atoms with Gasteiger partial charge >= 0.3 is 5.69 Å². The zero-order valence-electron chi connectivity index (χ0n) is 10.7. The highest BCUT2D eigenvalue weighted by molar-refractivity contribution is 9.08. The monoisotopic (exact) mass is 337 g/mol. The van der Waals surface area contributed by atoms with Crippen LogP contribution in [0.1, 0.15) is 5.56 Å². The Morgan fingerprint density at radius 3 is 2.35 bits per heavy atom. The minimum atomic E-state index is -0.484. The first kappa shape index (κ1) is 14.3. The summed E-state index contributed by atoms with van der Waals surface area (Å²) in [5.74, 6) is 1.19. The molecule has 6 heteroatoms. The summed E-state index contributed by atoms with van der Waals surface area (Å²) in [4.78, 5) is 10.5. The molecule has 0 N–H and O–H groups in total. The van der Waals surface area contributed by atoms with Gasteiger partial charge in [-0.25, -0.2) is 0 Å². The standard InChI is InChI=1S/C14H12BrNO4/c1-19-12-6-7-13(16(17)18)14(8-12)20-11-4-2-10(9-15)3-5-11/h2-8H,9H2,1H3. The van der Waals surface area contributed by atoms with Crippen LogP contribution in [0.25, 0.3) is 0 Å². The van der Waals surface area contributed by atoms with E-state index in [0.29, 0.717) is 11.5 Å². The summed E-state index contributed by atoms with van der Waals surface area (Å²) in [5, 5.41) is 11.7. The summed E-state index contributed by atoms with van der Waals surface area (Å²) < 4.78 is 10.6. The van der Waals surface area contributed by atoms with Crippen LogP contribution in [-0.4, -0.2) is 12.0 Å². The number of hydrogen-bond acceptors (Lipinski definition) is 4. The Balaban J connectivity index is 2.32. The minimum Gasteiger partial charge on any atom is -0.497 e. The van der Waals surface area contributed by atoms with Gasteiger partial charge in [0.15, 0.2) is 0 Å². The number of nitrogens with zero attached hydrogens (tertiary/aromatic N) is 1. The van der Waals surface area contributed by atoms with Gasteiger partial charge in [-0.15, -0.1) is 0 Å². The van der Waals surface area contributed by atoms with E-state index in [1.54, 1.807) is 12.1 Å². The van der Waals surface area contributed by atoms with Crippen molar-refractivity contribution in [3.05, 3.63) is 58.1 Å². The summed E-state index contributed by atoms with van der Waals surface area (Å²) in [6, 6.07) is 11.7. The van der Waals surface area contributed by atoms with Crippen molar-refractivity contribution in [2.45, 2.75) is 5.33 Å². The number of alkyl halides is 1. The second kappa shape index (κ2) is 6.38. The van der Waals surface area contributed by atoms with E-state index < -0.39 is 4.92 Å². The maximum atomic E-state index is 11.0. The lowest BCUT2D eigenvalue weighted by atomic mass is 10.2. The van der Waals surface area contributed by atoms with Crippen LogP contribution in [0.3, 0.4) is 0 Å². The van der Waals surface area contributed by atoms with Crippen LogP contribution < -0.4 is 9.47 Å². The first-order valence-electron chi connectivity index (χ1n) is 5.79. The van der Waals surface area contributed by atoms with Gasteiger partial charge in [-0.2, -0.15) is 0 Å². The number of methoxy groups -OCH3 is 1. The van der Waals surface area contributed by atoms with Gasteiger partial charge in [0.25, 0.3) is 0 Å². The summed E-state index contributed by atoms with van der Waals surface area (Å²) in [5.41, 5.74) is 0.993. The first-order chi connectivity index (χ1) is 9.63. The number of nitro groups is 1.